The normalized spacial score (nSPS) is 13.2. The second kappa shape index (κ2) is 7.27. The molecule has 0 saturated carbocycles. The van der Waals surface area contributed by atoms with Gasteiger partial charge in [-0.3, -0.25) is 4.79 Å². The van der Waals surface area contributed by atoms with Gasteiger partial charge in [0.2, 0.25) is 5.91 Å². The number of aliphatic carboxylic acids is 1. The van der Waals surface area contributed by atoms with Gasteiger partial charge in [0.25, 0.3) is 0 Å². The zero-order valence-electron chi connectivity index (χ0n) is 11.0. The van der Waals surface area contributed by atoms with E-state index < -0.39 is 17.6 Å². The Labute approximate surface area is 103 Å². The molecule has 0 aromatic heterocycles. The number of amides is 1. The maximum atomic E-state index is 11.8. The molecule has 1 amide bonds. The third-order valence-electron chi connectivity index (χ3n) is 3.18. The summed E-state index contributed by atoms with van der Waals surface area (Å²) >= 11 is 0. The van der Waals surface area contributed by atoms with E-state index in [1.807, 2.05) is 6.92 Å². The van der Waals surface area contributed by atoms with Gasteiger partial charge in [0, 0.05) is 0 Å². The molecule has 5 nitrogen and oxygen atoms in total. The zero-order chi connectivity index (χ0) is 13.5. The zero-order valence-corrected chi connectivity index (χ0v) is 11.0. The summed E-state index contributed by atoms with van der Waals surface area (Å²) < 4.78 is 0. The predicted molar refractivity (Wildman–Crippen MR) is 66.6 cm³/mol. The van der Waals surface area contributed by atoms with Crippen molar-refractivity contribution in [2.45, 2.75) is 64.5 Å². The van der Waals surface area contributed by atoms with E-state index in [0.717, 1.165) is 12.8 Å². The highest BCUT2D eigenvalue weighted by molar-refractivity contribution is 5.89. The molecule has 0 aromatic carbocycles. The van der Waals surface area contributed by atoms with Gasteiger partial charge in [-0.15, -0.1) is 0 Å². The molecular formula is C12H24N2O3. The highest BCUT2D eigenvalue weighted by atomic mass is 16.4. The minimum Gasteiger partial charge on any atom is -0.480 e. The number of carboxylic acid groups (broad SMARTS) is 1. The summed E-state index contributed by atoms with van der Waals surface area (Å²) in [5.74, 6) is -1.37. The van der Waals surface area contributed by atoms with Gasteiger partial charge in [0.1, 0.15) is 5.54 Å². The van der Waals surface area contributed by atoms with Crippen LogP contribution in [0.15, 0.2) is 0 Å². The Balaban J connectivity index is 4.56. The third-order valence-corrected chi connectivity index (χ3v) is 3.18. The summed E-state index contributed by atoms with van der Waals surface area (Å²) in [5, 5.41) is 11.7. The Kier molecular flexibility index (Phi) is 6.80. The lowest BCUT2D eigenvalue weighted by molar-refractivity contribution is -0.148. The largest absolute Gasteiger partial charge is 0.480 e. The Bertz CT molecular complexity index is 262. The van der Waals surface area contributed by atoms with Crippen LogP contribution in [0.1, 0.15) is 52.9 Å². The molecule has 0 unspecified atom stereocenters. The fraction of sp³-hybridized carbons (Fsp3) is 0.833. The second-order valence-corrected chi connectivity index (χ2v) is 4.33. The van der Waals surface area contributed by atoms with Gasteiger partial charge in [0.05, 0.1) is 6.04 Å². The van der Waals surface area contributed by atoms with Gasteiger partial charge in [-0.1, -0.05) is 33.6 Å². The number of hydrogen-bond donors (Lipinski definition) is 3. The molecule has 0 radical (unpaired) electrons. The monoisotopic (exact) mass is 244 g/mol. The van der Waals surface area contributed by atoms with Crippen LogP contribution in [0.5, 0.6) is 0 Å². The van der Waals surface area contributed by atoms with Crippen LogP contribution in [-0.4, -0.2) is 28.6 Å². The van der Waals surface area contributed by atoms with Crippen molar-refractivity contribution in [3.05, 3.63) is 0 Å². The van der Waals surface area contributed by atoms with Crippen molar-refractivity contribution >= 4 is 11.9 Å². The van der Waals surface area contributed by atoms with Crippen molar-refractivity contribution in [1.29, 1.82) is 0 Å². The molecule has 5 heteroatoms. The first-order chi connectivity index (χ1) is 7.93. The standard InChI is InChI=1S/C12H24N2O3/c1-4-7-8-9(13)10(15)14-12(5-2,6-3)11(16)17/h9H,4-8,13H2,1-3H3,(H,14,15)(H,16,17)/t9-/m0/s1. The van der Waals surface area contributed by atoms with Crippen LogP contribution in [-0.2, 0) is 9.59 Å². The lowest BCUT2D eigenvalue weighted by Gasteiger charge is -2.29. The van der Waals surface area contributed by atoms with Crippen LogP contribution >= 0.6 is 0 Å². The Morgan fingerprint density at radius 3 is 2.18 bits per heavy atom. The first-order valence-electron chi connectivity index (χ1n) is 6.24. The van der Waals surface area contributed by atoms with E-state index in [2.05, 4.69) is 5.32 Å². The molecule has 1 atom stereocenters. The van der Waals surface area contributed by atoms with Gasteiger partial charge < -0.3 is 16.2 Å². The van der Waals surface area contributed by atoms with Crippen LogP contribution in [0.3, 0.4) is 0 Å². The molecular weight excluding hydrogens is 220 g/mol. The molecule has 100 valence electrons. The van der Waals surface area contributed by atoms with Crippen molar-refractivity contribution < 1.29 is 14.7 Å². The molecule has 0 saturated heterocycles. The Morgan fingerprint density at radius 2 is 1.82 bits per heavy atom. The lowest BCUT2D eigenvalue weighted by Crippen LogP contribution is -2.57. The number of hydrogen-bond acceptors (Lipinski definition) is 3. The van der Waals surface area contributed by atoms with Gasteiger partial charge in [-0.2, -0.15) is 0 Å². The van der Waals surface area contributed by atoms with Gasteiger partial charge >= 0.3 is 5.97 Å². The van der Waals surface area contributed by atoms with E-state index in [9.17, 15) is 14.7 Å². The minimum absolute atomic E-state index is 0.352. The van der Waals surface area contributed by atoms with Crippen LogP contribution in [0.4, 0.5) is 0 Å². The lowest BCUT2D eigenvalue weighted by atomic mass is 9.92. The summed E-state index contributed by atoms with van der Waals surface area (Å²) in [5.41, 5.74) is 4.54. The van der Waals surface area contributed by atoms with Crippen LogP contribution < -0.4 is 11.1 Å². The van der Waals surface area contributed by atoms with E-state index in [-0.39, 0.29) is 5.91 Å². The summed E-state index contributed by atoms with van der Waals surface area (Å²) in [6.07, 6.45) is 3.13. The smallest absolute Gasteiger partial charge is 0.329 e. The van der Waals surface area contributed by atoms with Crippen molar-refractivity contribution in [3.8, 4) is 0 Å². The molecule has 17 heavy (non-hydrogen) atoms. The average Bonchev–Trinajstić information content (AvgIpc) is 2.32. The first kappa shape index (κ1) is 15.9. The first-order valence-corrected chi connectivity index (χ1v) is 6.24. The quantitative estimate of drug-likeness (QED) is 0.599. The van der Waals surface area contributed by atoms with E-state index in [4.69, 9.17) is 5.73 Å². The molecule has 0 fully saturated rings. The Morgan fingerprint density at radius 1 is 1.29 bits per heavy atom. The maximum Gasteiger partial charge on any atom is 0.329 e. The van der Waals surface area contributed by atoms with Crippen molar-refractivity contribution in [3.63, 3.8) is 0 Å². The molecule has 0 rings (SSSR count). The number of nitrogens with two attached hydrogens (primary N) is 1. The van der Waals surface area contributed by atoms with E-state index in [1.165, 1.54) is 0 Å². The minimum atomic E-state index is -1.18. The number of carboxylic acids is 1. The summed E-state index contributed by atoms with van der Waals surface area (Å²) in [4.78, 5) is 23.0. The predicted octanol–water partition coefficient (Wildman–Crippen LogP) is 1.26. The molecule has 4 N–H and O–H groups in total. The van der Waals surface area contributed by atoms with Gasteiger partial charge in [-0.25, -0.2) is 4.79 Å². The number of carbonyl (C=O) groups is 2. The Hall–Kier alpha value is -1.10. The molecule has 0 bridgehead atoms. The SMILES string of the molecule is CCCC[C@H](N)C(=O)NC(CC)(CC)C(=O)O. The molecule has 0 aromatic rings. The highest BCUT2D eigenvalue weighted by Crippen LogP contribution is 2.16. The van der Waals surface area contributed by atoms with E-state index in [1.54, 1.807) is 13.8 Å². The summed E-state index contributed by atoms with van der Waals surface area (Å²) in [7, 11) is 0. The van der Waals surface area contributed by atoms with E-state index >= 15 is 0 Å². The number of unbranched alkanes of at least 4 members (excludes halogenated alkanes) is 1. The number of nitrogens with one attached hydrogen (secondary N) is 1. The van der Waals surface area contributed by atoms with Crippen molar-refractivity contribution in [2.75, 3.05) is 0 Å². The van der Waals surface area contributed by atoms with Crippen LogP contribution in [0.2, 0.25) is 0 Å². The van der Waals surface area contributed by atoms with Crippen molar-refractivity contribution in [1.82, 2.24) is 5.32 Å². The third kappa shape index (κ3) is 4.34. The average molecular weight is 244 g/mol. The van der Waals surface area contributed by atoms with Crippen LogP contribution in [0.25, 0.3) is 0 Å². The second-order valence-electron chi connectivity index (χ2n) is 4.33. The fourth-order valence-corrected chi connectivity index (χ4v) is 1.67. The van der Waals surface area contributed by atoms with Gasteiger partial charge in [-0.05, 0) is 19.3 Å². The maximum absolute atomic E-state index is 11.8. The molecule has 0 aliphatic rings. The summed E-state index contributed by atoms with van der Waals surface area (Å²) in [6, 6.07) is -0.619. The number of rotatable bonds is 8. The van der Waals surface area contributed by atoms with E-state index in [0.29, 0.717) is 19.3 Å². The highest BCUT2D eigenvalue weighted by Gasteiger charge is 2.37. The van der Waals surface area contributed by atoms with Gasteiger partial charge in [0.15, 0.2) is 0 Å². The molecule has 0 aliphatic carbocycles. The summed E-state index contributed by atoms with van der Waals surface area (Å²) in [6.45, 7) is 5.51. The van der Waals surface area contributed by atoms with Crippen LogP contribution in [0, 0.1) is 0 Å². The topological polar surface area (TPSA) is 92.4 Å². The fourth-order valence-electron chi connectivity index (χ4n) is 1.67. The number of carbonyl (C=O) groups excluding carboxylic acids is 1. The molecule has 0 heterocycles. The van der Waals surface area contributed by atoms with Crippen molar-refractivity contribution in [2.24, 2.45) is 5.73 Å². The molecule has 0 aliphatic heterocycles. The molecule has 0 spiro atoms.